The lowest BCUT2D eigenvalue weighted by Crippen LogP contribution is -2.16. The Morgan fingerprint density at radius 2 is 1.69 bits per heavy atom. The largest absolute Gasteiger partial charge is 0.307 e. The van der Waals surface area contributed by atoms with Gasteiger partial charge in [0.1, 0.15) is 5.82 Å². The first kappa shape index (κ1) is 21.1. The minimum atomic E-state index is -0.118. The molecule has 0 spiro atoms. The second-order valence-electron chi connectivity index (χ2n) is 7.25. The van der Waals surface area contributed by atoms with Crippen molar-refractivity contribution in [1.82, 2.24) is 9.78 Å². The highest BCUT2D eigenvalue weighted by molar-refractivity contribution is 6.30. The topological polar surface area (TPSA) is 46.9 Å². The highest BCUT2D eigenvalue weighted by atomic mass is 35.5. The number of rotatable bonds is 9. The summed E-state index contributed by atoms with van der Waals surface area (Å²) in [5.74, 6) is 0.593. The van der Waals surface area contributed by atoms with Gasteiger partial charge in [0.25, 0.3) is 5.91 Å². The summed E-state index contributed by atoms with van der Waals surface area (Å²) >= 11 is 6.00. The van der Waals surface area contributed by atoms with E-state index in [9.17, 15) is 4.79 Å². The maximum absolute atomic E-state index is 12.8. The predicted molar refractivity (Wildman–Crippen MR) is 121 cm³/mol. The number of nitrogens with one attached hydrogen (secondary N) is 1. The Morgan fingerprint density at radius 1 is 1.00 bits per heavy atom. The van der Waals surface area contributed by atoms with E-state index in [2.05, 4.69) is 19.2 Å². The van der Waals surface area contributed by atoms with Crippen LogP contribution in [0.4, 0.5) is 5.82 Å². The fourth-order valence-electron chi connectivity index (χ4n) is 3.15. The Morgan fingerprint density at radius 3 is 2.34 bits per heavy atom. The van der Waals surface area contributed by atoms with Gasteiger partial charge < -0.3 is 5.32 Å². The van der Waals surface area contributed by atoms with Crippen LogP contribution in [0.15, 0.2) is 54.6 Å². The predicted octanol–water partition coefficient (Wildman–Crippen LogP) is 6.60. The molecule has 0 aliphatic carbocycles. The summed E-state index contributed by atoms with van der Waals surface area (Å²) in [6, 6.07) is 17.4. The molecule has 3 rings (SSSR count). The van der Waals surface area contributed by atoms with Crippen LogP contribution in [0.3, 0.4) is 0 Å². The van der Waals surface area contributed by atoms with Crippen LogP contribution in [0.1, 0.15) is 55.5 Å². The molecule has 1 amide bonds. The van der Waals surface area contributed by atoms with Gasteiger partial charge in [-0.15, -0.1) is 0 Å². The zero-order valence-electron chi connectivity index (χ0n) is 17.1. The molecular weight excluding hydrogens is 382 g/mol. The Labute approximate surface area is 177 Å². The fraction of sp³-hybridized carbons (Fsp3) is 0.333. The summed E-state index contributed by atoms with van der Waals surface area (Å²) in [7, 11) is 0. The van der Waals surface area contributed by atoms with Crippen molar-refractivity contribution in [2.24, 2.45) is 0 Å². The Bertz CT molecular complexity index is 930. The smallest absolute Gasteiger partial charge is 0.256 e. The highest BCUT2D eigenvalue weighted by Gasteiger charge is 2.13. The van der Waals surface area contributed by atoms with Gasteiger partial charge >= 0.3 is 0 Å². The van der Waals surface area contributed by atoms with E-state index in [4.69, 9.17) is 16.7 Å². The van der Waals surface area contributed by atoms with E-state index in [1.165, 1.54) is 12.0 Å². The molecule has 0 atom stereocenters. The summed E-state index contributed by atoms with van der Waals surface area (Å²) < 4.78 is 1.88. The fourth-order valence-corrected chi connectivity index (χ4v) is 3.28. The van der Waals surface area contributed by atoms with Gasteiger partial charge in [-0.2, -0.15) is 5.10 Å². The van der Waals surface area contributed by atoms with E-state index in [1.807, 2.05) is 59.3 Å². The van der Waals surface area contributed by atoms with Crippen molar-refractivity contribution in [1.29, 1.82) is 0 Å². The van der Waals surface area contributed by atoms with E-state index < -0.39 is 0 Å². The first-order chi connectivity index (χ1) is 14.1. The number of hydrogen-bond acceptors (Lipinski definition) is 2. The van der Waals surface area contributed by atoms with E-state index >= 15 is 0 Å². The lowest BCUT2D eigenvalue weighted by Gasteiger charge is -2.09. The second kappa shape index (κ2) is 10.3. The summed E-state index contributed by atoms with van der Waals surface area (Å²) in [6.45, 7) is 5.08. The van der Waals surface area contributed by atoms with Crippen molar-refractivity contribution < 1.29 is 4.79 Å². The number of carbonyl (C=O) groups excluding carboxylic acids is 1. The minimum absolute atomic E-state index is 0.118. The molecule has 0 radical (unpaired) electrons. The van der Waals surface area contributed by atoms with Crippen LogP contribution in [0.2, 0.25) is 5.02 Å². The Kier molecular flexibility index (Phi) is 7.48. The number of amides is 1. The van der Waals surface area contributed by atoms with Gasteiger partial charge in [-0.25, -0.2) is 4.68 Å². The second-order valence-corrected chi connectivity index (χ2v) is 7.69. The first-order valence-electron chi connectivity index (χ1n) is 10.3. The molecule has 1 N–H and O–H groups in total. The van der Waals surface area contributed by atoms with Crippen LogP contribution < -0.4 is 5.32 Å². The molecule has 0 saturated carbocycles. The van der Waals surface area contributed by atoms with E-state index in [0.717, 1.165) is 43.5 Å². The van der Waals surface area contributed by atoms with Crippen molar-refractivity contribution in [2.45, 2.75) is 52.5 Å². The van der Waals surface area contributed by atoms with Crippen LogP contribution in [-0.2, 0) is 13.0 Å². The van der Waals surface area contributed by atoms with Crippen LogP contribution in [0, 0.1) is 0 Å². The molecule has 0 bridgehead atoms. The van der Waals surface area contributed by atoms with Gasteiger partial charge in [-0.3, -0.25) is 4.79 Å². The van der Waals surface area contributed by atoms with Gasteiger partial charge in [-0.05, 0) is 49.1 Å². The molecule has 1 heterocycles. The molecular formula is C24H28ClN3O. The monoisotopic (exact) mass is 409 g/mol. The number of aromatic nitrogens is 2. The molecule has 2 aromatic carbocycles. The zero-order chi connectivity index (χ0) is 20.6. The lowest BCUT2D eigenvalue weighted by atomic mass is 10.1. The standard InChI is InChI=1S/C24H28ClN3O/c1-3-5-7-18-8-10-20(11-9-18)24(29)26-23-17-22(27-28(23)16-6-4-2)19-12-14-21(25)15-13-19/h8-15,17H,3-7,16H2,1-2H3,(H,26,29). The molecule has 4 nitrogen and oxygen atoms in total. The number of benzene rings is 2. The van der Waals surface area contributed by atoms with Crippen molar-refractivity contribution in [3.05, 3.63) is 70.7 Å². The third kappa shape index (κ3) is 5.70. The summed E-state index contributed by atoms with van der Waals surface area (Å²) in [5.41, 5.74) is 3.71. The van der Waals surface area contributed by atoms with Crippen molar-refractivity contribution >= 4 is 23.3 Å². The number of hydrogen-bond donors (Lipinski definition) is 1. The van der Waals surface area contributed by atoms with Crippen molar-refractivity contribution in [2.75, 3.05) is 5.32 Å². The average molecular weight is 410 g/mol. The Hall–Kier alpha value is -2.59. The first-order valence-corrected chi connectivity index (χ1v) is 10.7. The molecule has 5 heteroatoms. The third-order valence-electron chi connectivity index (χ3n) is 4.92. The zero-order valence-corrected chi connectivity index (χ0v) is 17.9. The average Bonchev–Trinajstić information content (AvgIpc) is 3.14. The molecule has 152 valence electrons. The normalized spacial score (nSPS) is 10.9. The van der Waals surface area contributed by atoms with E-state index in [1.54, 1.807) is 0 Å². The van der Waals surface area contributed by atoms with Crippen molar-refractivity contribution in [3.8, 4) is 11.3 Å². The van der Waals surface area contributed by atoms with Crippen LogP contribution in [0.5, 0.6) is 0 Å². The molecule has 3 aromatic rings. The van der Waals surface area contributed by atoms with Crippen LogP contribution >= 0.6 is 11.6 Å². The maximum Gasteiger partial charge on any atom is 0.256 e. The van der Waals surface area contributed by atoms with Gasteiger partial charge in [0.15, 0.2) is 0 Å². The van der Waals surface area contributed by atoms with Gasteiger partial charge in [0, 0.05) is 28.8 Å². The molecule has 1 aromatic heterocycles. The van der Waals surface area contributed by atoms with Gasteiger partial charge in [0.05, 0.1) is 5.69 Å². The maximum atomic E-state index is 12.8. The number of nitrogens with zero attached hydrogens (tertiary/aromatic N) is 2. The number of halogens is 1. The van der Waals surface area contributed by atoms with Crippen molar-refractivity contribution in [3.63, 3.8) is 0 Å². The van der Waals surface area contributed by atoms with E-state index in [-0.39, 0.29) is 5.91 Å². The molecule has 0 unspecified atom stereocenters. The molecule has 0 aliphatic heterocycles. The number of aryl methyl sites for hydroxylation is 2. The Balaban J connectivity index is 1.79. The van der Waals surface area contributed by atoms with Gasteiger partial charge in [0.2, 0.25) is 0 Å². The van der Waals surface area contributed by atoms with Gasteiger partial charge in [-0.1, -0.05) is 62.6 Å². The lowest BCUT2D eigenvalue weighted by molar-refractivity contribution is 0.102. The summed E-state index contributed by atoms with van der Waals surface area (Å²) in [4.78, 5) is 12.8. The number of unbranched alkanes of at least 4 members (excludes halogenated alkanes) is 2. The number of carbonyl (C=O) groups is 1. The molecule has 0 aliphatic rings. The summed E-state index contributed by atoms with van der Waals surface area (Å²) in [5, 5.41) is 8.43. The molecule has 0 fully saturated rings. The summed E-state index contributed by atoms with van der Waals surface area (Å²) in [6.07, 6.45) is 5.43. The number of anilines is 1. The minimum Gasteiger partial charge on any atom is -0.307 e. The third-order valence-corrected chi connectivity index (χ3v) is 5.17. The quantitative estimate of drug-likeness (QED) is 0.432. The molecule has 29 heavy (non-hydrogen) atoms. The van der Waals surface area contributed by atoms with E-state index in [0.29, 0.717) is 16.4 Å². The van der Waals surface area contributed by atoms with Crippen LogP contribution in [-0.4, -0.2) is 15.7 Å². The van der Waals surface area contributed by atoms with Crippen LogP contribution in [0.25, 0.3) is 11.3 Å². The molecule has 0 saturated heterocycles. The highest BCUT2D eigenvalue weighted by Crippen LogP contribution is 2.24. The SMILES string of the molecule is CCCCc1ccc(C(=O)Nc2cc(-c3ccc(Cl)cc3)nn2CCCC)cc1.